The fraction of sp³-hybridized carbons (Fsp3) is 0.143. The number of thiophene rings is 1. The van der Waals surface area contributed by atoms with Crippen molar-refractivity contribution in [2.24, 2.45) is 0 Å². The number of benzene rings is 2. The van der Waals surface area contributed by atoms with E-state index < -0.39 is 5.97 Å². The number of esters is 1. The molecule has 0 aliphatic carbocycles. The quantitative estimate of drug-likeness (QED) is 0.611. The van der Waals surface area contributed by atoms with Crippen LogP contribution in [-0.2, 0) is 9.53 Å². The number of hydrogen-bond acceptors (Lipinski definition) is 5. The number of nitrogens with one attached hydrogen (secondary N) is 2. The van der Waals surface area contributed by atoms with Crippen molar-refractivity contribution in [3.05, 3.63) is 88.1 Å². The van der Waals surface area contributed by atoms with E-state index in [9.17, 15) is 9.59 Å². The Balaban J connectivity index is 1.62. The van der Waals surface area contributed by atoms with E-state index in [1.54, 1.807) is 35.6 Å². The zero-order chi connectivity index (χ0) is 19.1. The normalized spacial score (nSPS) is 11.6. The maximum absolute atomic E-state index is 12.3. The highest BCUT2D eigenvalue weighted by molar-refractivity contribution is 7.10. The average Bonchev–Trinajstić information content (AvgIpc) is 3.23. The van der Waals surface area contributed by atoms with Crippen molar-refractivity contribution < 1.29 is 14.3 Å². The molecule has 0 saturated carbocycles. The Labute approximate surface area is 162 Å². The minimum absolute atomic E-state index is 0.0429. The first-order chi connectivity index (χ1) is 13.2. The van der Waals surface area contributed by atoms with Crippen molar-refractivity contribution >= 4 is 28.9 Å². The molecule has 2 aromatic carbocycles. The van der Waals surface area contributed by atoms with E-state index in [-0.39, 0.29) is 18.5 Å². The van der Waals surface area contributed by atoms with Gasteiger partial charge in [-0.1, -0.05) is 36.4 Å². The molecule has 0 aliphatic heterocycles. The first kappa shape index (κ1) is 18.8. The fourth-order valence-corrected chi connectivity index (χ4v) is 3.52. The molecule has 3 aromatic rings. The highest BCUT2D eigenvalue weighted by Crippen LogP contribution is 2.25. The molecule has 0 spiro atoms. The topological polar surface area (TPSA) is 67.4 Å². The van der Waals surface area contributed by atoms with Gasteiger partial charge in [-0.2, -0.15) is 0 Å². The van der Waals surface area contributed by atoms with Crippen molar-refractivity contribution in [2.75, 3.05) is 19.0 Å². The van der Waals surface area contributed by atoms with Gasteiger partial charge in [-0.15, -0.1) is 11.3 Å². The van der Waals surface area contributed by atoms with Crippen LogP contribution in [0.25, 0.3) is 0 Å². The molecule has 1 aromatic heterocycles. The largest absolute Gasteiger partial charge is 0.465 e. The lowest BCUT2D eigenvalue weighted by molar-refractivity contribution is -0.115. The second-order valence-electron chi connectivity index (χ2n) is 5.86. The van der Waals surface area contributed by atoms with Gasteiger partial charge in [0.05, 0.1) is 25.3 Å². The van der Waals surface area contributed by atoms with Crippen molar-refractivity contribution in [1.29, 1.82) is 0 Å². The van der Waals surface area contributed by atoms with Gasteiger partial charge < -0.3 is 10.1 Å². The Morgan fingerprint density at radius 2 is 1.74 bits per heavy atom. The molecule has 0 bridgehead atoms. The van der Waals surface area contributed by atoms with Gasteiger partial charge in [-0.05, 0) is 41.3 Å². The molecule has 3 rings (SSSR count). The maximum Gasteiger partial charge on any atom is 0.337 e. The predicted octanol–water partition coefficient (Wildman–Crippen LogP) is 3.85. The van der Waals surface area contributed by atoms with Gasteiger partial charge in [-0.3, -0.25) is 10.1 Å². The molecule has 5 nitrogen and oxygen atoms in total. The summed E-state index contributed by atoms with van der Waals surface area (Å²) in [6.07, 6.45) is 0. The average molecular weight is 380 g/mol. The summed E-state index contributed by atoms with van der Waals surface area (Å²) in [5.41, 5.74) is 2.17. The molecular weight excluding hydrogens is 360 g/mol. The van der Waals surface area contributed by atoms with Gasteiger partial charge in [0.1, 0.15) is 0 Å². The van der Waals surface area contributed by atoms with E-state index >= 15 is 0 Å². The Bertz CT molecular complexity index is 878. The van der Waals surface area contributed by atoms with Gasteiger partial charge in [0.15, 0.2) is 0 Å². The zero-order valence-electron chi connectivity index (χ0n) is 14.8. The smallest absolute Gasteiger partial charge is 0.337 e. The molecule has 0 aliphatic rings. The predicted molar refractivity (Wildman–Crippen MR) is 107 cm³/mol. The van der Waals surface area contributed by atoms with Crippen LogP contribution >= 0.6 is 11.3 Å². The molecule has 0 unspecified atom stereocenters. The van der Waals surface area contributed by atoms with Crippen LogP contribution in [0.5, 0.6) is 0 Å². The van der Waals surface area contributed by atoms with Crippen molar-refractivity contribution in [3.8, 4) is 0 Å². The maximum atomic E-state index is 12.3. The molecule has 0 saturated heterocycles. The lowest BCUT2D eigenvalue weighted by Crippen LogP contribution is -2.31. The lowest BCUT2D eigenvalue weighted by Gasteiger charge is -2.18. The Morgan fingerprint density at radius 1 is 1.00 bits per heavy atom. The molecule has 1 atom stereocenters. The van der Waals surface area contributed by atoms with Crippen LogP contribution < -0.4 is 10.6 Å². The summed E-state index contributed by atoms with van der Waals surface area (Å²) >= 11 is 1.65. The summed E-state index contributed by atoms with van der Waals surface area (Å²) in [5, 5.41) is 8.17. The molecule has 27 heavy (non-hydrogen) atoms. The highest BCUT2D eigenvalue weighted by atomic mass is 32.1. The number of carbonyl (C=O) groups excluding carboxylic acids is 2. The summed E-state index contributed by atoms with van der Waals surface area (Å²) in [6.45, 7) is 0.163. The standard InChI is InChI=1S/C21H20N2O3S/c1-26-21(25)16-9-11-17(12-10-16)23-19(24)14-22-20(18-8-5-13-27-18)15-6-3-2-4-7-15/h2-13,20,22H,14H2,1H3,(H,23,24)/t20-/m1/s1. The van der Waals surface area contributed by atoms with Crippen molar-refractivity contribution in [2.45, 2.75) is 6.04 Å². The Morgan fingerprint density at radius 3 is 2.37 bits per heavy atom. The third kappa shape index (κ3) is 5.03. The Kier molecular flexibility index (Phi) is 6.35. The van der Waals surface area contributed by atoms with Crippen LogP contribution in [-0.4, -0.2) is 25.5 Å². The van der Waals surface area contributed by atoms with Crippen LogP contribution in [0, 0.1) is 0 Å². The molecular formula is C21H20N2O3S. The summed E-state index contributed by atoms with van der Waals surface area (Å²) in [6, 6.07) is 20.6. The fourth-order valence-electron chi connectivity index (χ4n) is 2.69. The van der Waals surface area contributed by atoms with Crippen molar-refractivity contribution in [1.82, 2.24) is 5.32 Å². The van der Waals surface area contributed by atoms with Crippen LogP contribution in [0.3, 0.4) is 0 Å². The van der Waals surface area contributed by atoms with Gasteiger partial charge >= 0.3 is 5.97 Å². The molecule has 6 heteroatoms. The first-order valence-corrected chi connectivity index (χ1v) is 9.35. The van der Waals surface area contributed by atoms with E-state index in [0.29, 0.717) is 11.3 Å². The summed E-state index contributed by atoms with van der Waals surface area (Å²) in [5.74, 6) is -0.561. The first-order valence-electron chi connectivity index (χ1n) is 8.47. The molecule has 138 valence electrons. The van der Waals surface area contributed by atoms with Crippen LogP contribution in [0.4, 0.5) is 5.69 Å². The van der Waals surface area contributed by atoms with E-state index in [2.05, 4.69) is 21.4 Å². The van der Waals surface area contributed by atoms with Crippen LogP contribution in [0.15, 0.2) is 72.1 Å². The van der Waals surface area contributed by atoms with Gasteiger partial charge in [0, 0.05) is 10.6 Å². The second-order valence-corrected chi connectivity index (χ2v) is 6.84. The number of amides is 1. The van der Waals surface area contributed by atoms with E-state index in [1.807, 2.05) is 41.8 Å². The summed E-state index contributed by atoms with van der Waals surface area (Å²) in [4.78, 5) is 24.9. The summed E-state index contributed by atoms with van der Waals surface area (Å²) < 4.78 is 4.66. The minimum Gasteiger partial charge on any atom is -0.465 e. The van der Waals surface area contributed by atoms with Crippen LogP contribution in [0.2, 0.25) is 0 Å². The second kappa shape index (κ2) is 9.12. The monoisotopic (exact) mass is 380 g/mol. The van der Waals surface area contributed by atoms with E-state index in [0.717, 1.165) is 10.4 Å². The van der Waals surface area contributed by atoms with E-state index in [4.69, 9.17) is 0 Å². The van der Waals surface area contributed by atoms with E-state index in [1.165, 1.54) is 7.11 Å². The number of methoxy groups -OCH3 is 1. The number of anilines is 1. The third-order valence-corrected chi connectivity index (χ3v) is 4.95. The number of ether oxygens (including phenoxy) is 1. The number of carbonyl (C=O) groups is 2. The minimum atomic E-state index is -0.406. The zero-order valence-corrected chi connectivity index (χ0v) is 15.7. The van der Waals surface area contributed by atoms with Gasteiger partial charge in [0.25, 0.3) is 0 Å². The Hall–Kier alpha value is -2.96. The summed E-state index contributed by atoms with van der Waals surface area (Å²) in [7, 11) is 1.33. The SMILES string of the molecule is COC(=O)c1ccc(NC(=O)CN[C@H](c2ccccc2)c2cccs2)cc1. The third-order valence-electron chi connectivity index (χ3n) is 4.02. The molecule has 0 radical (unpaired) electrons. The van der Waals surface area contributed by atoms with Gasteiger partial charge in [-0.25, -0.2) is 4.79 Å². The molecule has 1 amide bonds. The van der Waals surface area contributed by atoms with Gasteiger partial charge in [0.2, 0.25) is 5.91 Å². The van der Waals surface area contributed by atoms with Crippen molar-refractivity contribution in [3.63, 3.8) is 0 Å². The number of hydrogen-bond donors (Lipinski definition) is 2. The van der Waals surface area contributed by atoms with Crippen LogP contribution in [0.1, 0.15) is 26.8 Å². The molecule has 1 heterocycles. The molecule has 0 fully saturated rings. The lowest BCUT2D eigenvalue weighted by atomic mass is 10.1. The number of rotatable bonds is 7. The molecule has 2 N–H and O–H groups in total. The highest BCUT2D eigenvalue weighted by Gasteiger charge is 2.16.